The van der Waals surface area contributed by atoms with E-state index < -0.39 is 0 Å². The highest BCUT2D eigenvalue weighted by Gasteiger charge is 2.05. The average Bonchev–Trinajstić information content (AvgIpc) is 2.47. The first-order valence-corrected chi connectivity index (χ1v) is 6.78. The maximum absolute atomic E-state index is 11.8. The van der Waals surface area contributed by atoms with Gasteiger partial charge in [0.05, 0.1) is 6.61 Å². The molecule has 0 aromatic heterocycles. The van der Waals surface area contributed by atoms with Crippen molar-refractivity contribution in [3.8, 4) is 5.75 Å². The molecule has 0 aliphatic heterocycles. The minimum atomic E-state index is -0.216. The molecule has 4 heteroatoms. The number of carbonyl (C=O) groups excluding carboxylic acids is 1. The number of anilines is 1. The van der Waals surface area contributed by atoms with Crippen molar-refractivity contribution < 1.29 is 14.6 Å². The lowest BCUT2D eigenvalue weighted by molar-refractivity contribution is -0.118. The number of amides is 1. The molecule has 0 atom stereocenters. The van der Waals surface area contributed by atoms with Gasteiger partial charge < -0.3 is 15.2 Å². The minimum absolute atomic E-state index is 0.00988. The summed E-state index contributed by atoms with van der Waals surface area (Å²) in [7, 11) is 0. The van der Waals surface area contributed by atoms with Gasteiger partial charge in [0.15, 0.2) is 6.61 Å². The molecule has 2 N–H and O–H groups in total. The highest BCUT2D eigenvalue weighted by Crippen LogP contribution is 2.18. The number of benzene rings is 2. The van der Waals surface area contributed by atoms with Gasteiger partial charge in [0.25, 0.3) is 5.91 Å². The van der Waals surface area contributed by atoms with Crippen molar-refractivity contribution in [1.82, 2.24) is 0 Å². The van der Waals surface area contributed by atoms with E-state index in [-0.39, 0.29) is 19.1 Å². The third kappa shape index (κ3) is 4.33. The van der Waals surface area contributed by atoms with E-state index in [0.29, 0.717) is 11.4 Å². The van der Waals surface area contributed by atoms with Crippen LogP contribution in [0.2, 0.25) is 0 Å². The summed E-state index contributed by atoms with van der Waals surface area (Å²) in [5.41, 5.74) is 3.66. The highest BCUT2D eigenvalue weighted by molar-refractivity contribution is 5.91. The van der Waals surface area contributed by atoms with Crippen LogP contribution in [0.25, 0.3) is 0 Å². The fraction of sp³-hybridized carbons (Fsp3) is 0.235. The molecular formula is C17H19NO3. The first-order chi connectivity index (χ1) is 10.1. The molecule has 0 aliphatic carbocycles. The van der Waals surface area contributed by atoms with Gasteiger partial charge >= 0.3 is 0 Å². The third-order valence-electron chi connectivity index (χ3n) is 3.11. The number of ether oxygens (including phenoxy) is 1. The molecular weight excluding hydrogens is 266 g/mol. The summed E-state index contributed by atoms with van der Waals surface area (Å²) in [5, 5.41) is 11.7. The molecule has 0 saturated carbocycles. The third-order valence-corrected chi connectivity index (χ3v) is 3.11. The molecule has 0 bridgehead atoms. The molecule has 2 aromatic carbocycles. The number of aliphatic hydroxyl groups is 1. The van der Waals surface area contributed by atoms with E-state index in [0.717, 1.165) is 16.7 Å². The van der Waals surface area contributed by atoms with Crippen LogP contribution in [0.5, 0.6) is 5.75 Å². The maximum Gasteiger partial charge on any atom is 0.262 e. The summed E-state index contributed by atoms with van der Waals surface area (Å²) < 4.78 is 5.52. The highest BCUT2D eigenvalue weighted by atomic mass is 16.5. The predicted octanol–water partition coefficient (Wildman–Crippen LogP) is 2.81. The van der Waals surface area contributed by atoms with Crippen molar-refractivity contribution in [3.63, 3.8) is 0 Å². The molecule has 4 nitrogen and oxygen atoms in total. The summed E-state index contributed by atoms with van der Waals surface area (Å²) in [6, 6.07) is 12.9. The fourth-order valence-corrected chi connectivity index (χ4v) is 2.00. The zero-order chi connectivity index (χ0) is 15.2. The summed E-state index contributed by atoms with van der Waals surface area (Å²) >= 11 is 0. The van der Waals surface area contributed by atoms with Crippen LogP contribution < -0.4 is 10.1 Å². The molecule has 0 fully saturated rings. The van der Waals surface area contributed by atoms with Crippen LogP contribution in [0.1, 0.15) is 16.7 Å². The zero-order valence-electron chi connectivity index (χ0n) is 12.2. The largest absolute Gasteiger partial charge is 0.483 e. The van der Waals surface area contributed by atoms with Gasteiger partial charge in [0, 0.05) is 5.69 Å². The Morgan fingerprint density at radius 1 is 1.14 bits per heavy atom. The lowest BCUT2D eigenvalue weighted by atomic mass is 10.1. The second kappa shape index (κ2) is 6.90. The normalized spacial score (nSPS) is 10.2. The SMILES string of the molecule is Cc1ccc(OCC(=O)Nc2ccc(CO)cc2)c(C)c1. The number of rotatable bonds is 5. The Bertz CT molecular complexity index is 620. The molecule has 0 spiro atoms. The van der Waals surface area contributed by atoms with Crippen LogP contribution in [-0.4, -0.2) is 17.6 Å². The van der Waals surface area contributed by atoms with Crippen LogP contribution in [0.15, 0.2) is 42.5 Å². The predicted molar refractivity (Wildman–Crippen MR) is 82.4 cm³/mol. The van der Waals surface area contributed by atoms with E-state index in [9.17, 15) is 4.79 Å². The Kier molecular flexibility index (Phi) is 4.95. The van der Waals surface area contributed by atoms with Gasteiger partial charge in [-0.3, -0.25) is 4.79 Å². The van der Waals surface area contributed by atoms with E-state index in [4.69, 9.17) is 9.84 Å². The van der Waals surface area contributed by atoms with Gasteiger partial charge in [-0.25, -0.2) is 0 Å². The Hall–Kier alpha value is -2.33. The molecule has 110 valence electrons. The minimum Gasteiger partial charge on any atom is -0.483 e. The topological polar surface area (TPSA) is 58.6 Å². The second-order valence-corrected chi connectivity index (χ2v) is 4.96. The number of carbonyl (C=O) groups is 1. The molecule has 2 aromatic rings. The van der Waals surface area contributed by atoms with Crippen LogP contribution in [0, 0.1) is 13.8 Å². The molecule has 2 rings (SSSR count). The zero-order valence-corrected chi connectivity index (χ0v) is 12.2. The summed E-state index contributed by atoms with van der Waals surface area (Å²) in [5.74, 6) is 0.498. The Morgan fingerprint density at radius 3 is 2.48 bits per heavy atom. The molecule has 0 unspecified atom stereocenters. The maximum atomic E-state index is 11.8. The van der Waals surface area contributed by atoms with Crippen LogP contribution in [-0.2, 0) is 11.4 Å². The van der Waals surface area contributed by atoms with Gasteiger partial charge in [-0.05, 0) is 43.2 Å². The summed E-state index contributed by atoms with van der Waals surface area (Å²) in [6.07, 6.45) is 0. The molecule has 21 heavy (non-hydrogen) atoms. The number of nitrogens with one attached hydrogen (secondary N) is 1. The summed E-state index contributed by atoms with van der Waals surface area (Å²) in [6.45, 7) is 3.92. The number of hydrogen-bond donors (Lipinski definition) is 2. The molecule has 0 radical (unpaired) electrons. The lowest BCUT2D eigenvalue weighted by Gasteiger charge is -2.10. The van der Waals surface area contributed by atoms with Crippen molar-refractivity contribution in [1.29, 1.82) is 0 Å². The van der Waals surface area contributed by atoms with Crippen molar-refractivity contribution in [2.75, 3.05) is 11.9 Å². The van der Waals surface area contributed by atoms with Crippen LogP contribution in [0.3, 0.4) is 0 Å². The van der Waals surface area contributed by atoms with Gasteiger partial charge in [-0.1, -0.05) is 29.8 Å². The smallest absolute Gasteiger partial charge is 0.262 e. The van der Waals surface area contributed by atoms with Gasteiger partial charge in [0.1, 0.15) is 5.75 Å². The quantitative estimate of drug-likeness (QED) is 0.888. The van der Waals surface area contributed by atoms with E-state index in [1.165, 1.54) is 0 Å². The number of hydrogen-bond acceptors (Lipinski definition) is 3. The number of aryl methyl sites for hydroxylation is 2. The Balaban J connectivity index is 1.89. The first-order valence-electron chi connectivity index (χ1n) is 6.78. The van der Waals surface area contributed by atoms with Crippen LogP contribution >= 0.6 is 0 Å². The Morgan fingerprint density at radius 2 is 1.86 bits per heavy atom. The first kappa shape index (κ1) is 15.1. The van der Waals surface area contributed by atoms with Gasteiger partial charge in [0.2, 0.25) is 0 Å². The fourth-order valence-electron chi connectivity index (χ4n) is 2.00. The van der Waals surface area contributed by atoms with E-state index >= 15 is 0 Å². The van der Waals surface area contributed by atoms with Crippen molar-refractivity contribution in [2.24, 2.45) is 0 Å². The van der Waals surface area contributed by atoms with Crippen molar-refractivity contribution >= 4 is 11.6 Å². The Labute approximate surface area is 124 Å². The molecule has 0 heterocycles. The number of aliphatic hydroxyl groups excluding tert-OH is 1. The van der Waals surface area contributed by atoms with Crippen molar-refractivity contribution in [3.05, 3.63) is 59.2 Å². The standard InChI is InChI=1S/C17H19NO3/c1-12-3-8-16(13(2)9-12)21-11-17(20)18-15-6-4-14(10-19)5-7-15/h3-9,19H,10-11H2,1-2H3,(H,18,20). The molecule has 1 amide bonds. The average molecular weight is 285 g/mol. The molecule has 0 aliphatic rings. The molecule has 0 saturated heterocycles. The lowest BCUT2D eigenvalue weighted by Crippen LogP contribution is -2.20. The van der Waals surface area contributed by atoms with E-state index in [1.807, 2.05) is 32.0 Å². The second-order valence-electron chi connectivity index (χ2n) is 4.96. The van der Waals surface area contributed by atoms with E-state index in [2.05, 4.69) is 5.32 Å². The monoisotopic (exact) mass is 285 g/mol. The van der Waals surface area contributed by atoms with Gasteiger partial charge in [-0.2, -0.15) is 0 Å². The van der Waals surface area contributed by atoms with Crippen LogP contribution in [0.4, 0.5) is 5.69 Å². The van der Waals surface area contributed by atoms with E-state index in [1.54, 1.807) is 24.3 Å². The van der Waals surface area contributed by atoms with Gasteiger partial charge in [-0.15, -0.1) is 0 Å². The summed E-state index contributed by atoms with van der Waals surface area (Å²) in [4.78, 5) is 11.8. The van der Waals surface area contributed by atoms with Crippen molar-refractivity contribution in [2.45, 2.75) is 20.5 Å².